The Bertz CT molecular complexity index is 211. The zero-order valence-corrected chi connectivity index (χ0v) is 9.26. The summed E-state index contributed by atoms with van der Waals surface area (Å²) in [6.45, 7) is 0. The first-order valence-corrected chi connectivity index (χ1v) is 4.03. The van der Waals surface area contributed by atoms with Crippen LogP contribution in [0.5, 0.6) is 0 Å². The van der Waals surface area contributed by atoms with Crippen LogP contribution in [-0.4, -0.2) is 30.7 Å². The summed E-state index contributed by atoms with van der Waals surface area (Å²) in [5.41, 5.74) is 0. The van der Waals surface area contributed by atoms with E-state index in [1.165, 1.54) is 12.8 Å². The van der Waals surface area contributed by atoms with Crippen LogP contribution in [0, 0.1) is 11.8 Å². The minimum absolute atomic E-state index is 0. The molecule has 62 valence electrons. The van der Waals surface area contributed by atoms with Gasteiger partial charge in [-0.25, -0.2) is 0 Å². The minimum atomic E-state index is 0. The third kappa shape index (κ3) is 1.29. The monoisotopic (exact) mass is 263 g/mol. The third-order valence-electron chi connectivity index (χ3n) is 3.12. The lowest BCUT2D eigenvalue weighted by Gasteiger charge is -2.36. The lowest BCUT2D eigenvalue weighted by Crippen LogP contribution is -3.00. The van der Waals surface area contributed by atoms with Crippen LogP contribution in [-0.2, 0) is 0 Å². The van der Waals surface area contributed by atoms with Gasteiger partial charge in [0.2, 0.25) is 0 Å². The number of hydrogen-bond acceptors (Lipinski definition) is 0. The molecule has 0 radical (unpaired) electrons. The average Bonchev–Trinajstić information content (AvgIpc) is 2.17. The van der Waals surface area contributed by atoms with E-state index in [0.717, 1.165) is 16.9 Å². The Morgan fingerprint density at radius 1 is 1.27 bits per heavy atom. The zero-order valence-electron chi connectivity index (χ0n) is 7.10. The van der Waals surface area contributed by atoms with Gasteiger partial charge in [0.25, 0.3) is 0 Å². The maximum absolute atomic E-state index is 3.32. The first-order valence-electron chi connectivity index (χ1n) is 4.03. The topological polar surface area (TPSA) is 0 Å². The van der Waals surface area contributed by atoms with Gasteiger partial charge in [-0.1, -0.05) is 5.92 Å². The fourth-order valence-electron chi connectivity index (χ4n) is 2.14. The molecule has 0 aromatic rings. The van der Waals surface area contributed by atoms with Crippen LogP contribution in [0.2, 0.25) is 0 Å². The first kappa shape index (κ1) is 9.34. The molecule has 2 atom stereocenters. The fourth-order valence-corrected chi connectivity index (χ4v) is 2.14. The Morgan fingerprint density at radius 3 is 2.55 bits per heavy atom. The summed E-state index contributed by atoms with van der Waals surface area (Å²) >= 11 is 0. The molecule has 2 heterocycles. The normalized spacial score (nSPS) is 36.9. The lowest BCUT2D eigenvalue weighted by atomic mass is 10.1. The van der Waals surface area contributed by atoms with Crippen molar-refractivity contribution < 1.29 is 28.5 Å². The summed E-state index contributed by atoms with van der Waals surface area (Å²) in [5.74, 6) is 6.56. The maximum Gasteiger partial charge on any atom is 0.151 e. The summed E-state index contributed by atoms with van der Waals surface area (Å²) in [7, 11) is 4.63. The van der Waals surface area contributed by atoms with E-state index in [-0.39, 0.29) is 24.0 Å². The van der Waals surface area contributed by atoms with E-state index < -0.39 is 0 Å². The predicted molar refractivity (Wildman–Crippen MR) is 41.3 cm³/mol. The van der Waals surface area contributed by atoms with Gasteiger partial charge in [-0.2, -0.15) is 0 Å². The minimum Gasteiger partial charge on any atom is -1.00 e. The van der Waals surface area contributed by atoms with E-state index >= 15 is 0 Å². The lowest BCUT2D eigenvalue weighted by molar-refractivity contribution is -0.918. The molecule has 0 spiro atoms. The number of quaternary nitrogens is 1. The van der Waals surface area contributed by atoms with Crippen LogP contribution in [0.4, 0.5) is 0 Å². The van der Waals surface area contributed by atoms with Crippen LogP contribution in [0.3, 0.4) is 0 Å². The largest absolute Gasteiger partial charge is 1.00 e. The second kappa shape index (κ2) is 2.95. The standard InChI is InChI=1S/C9H14N.HI/c1-10(2)8-4-3-5-9(10)7-6-8;/h8-9H,4,6-7H2,1-2H3;1H/q+1;/p-1/t8-,9+;/m1./s1. The molecule has 1 nitrogen and oxygen atoms in total. The van der Waals surface area contributed by atoms with Crippen molar-refractivity contribution in [2.75, 3.05) is 14.1 Å². The summed E-state index contributed by atoms with van der Waals surface area (Å²) < 4.78 is 1.16. The predicted octanol–water partition coefficient (Wildman–Crippen LogP) is -2.00. The highest BCUT2D eigenvalue weighted by atomic mass is 127. The molecule has 0 saturated carbocycles. The maximum atomic E-state index is 3.32. The second-order valence-electron chi connectivity index (χ2n) is 3.90. The van der Waals surface area contributed by atoms with E-state index in [1.807, 2.05) is 0 Å². The number of fused-ring (bicyclic) bond motifs is 2. The van der Waals surface area contributed by atoms with Gasteiger partial charge in [0.15, 0.2) is 6.04 Å². The number of hydrogen-bond donors (Lipinski definition) is 0. The quantitative estimate of drug-likeness (QED) is 0.269. The average molecular weight is 263 g/mol. The van der Waals surface area contributed by atoms with Crippen LogP contribution < -0.4 is 24.0 Å². The van der Waals surface area contributed by atoms with Crippen LogP contribution in [0.1, 0.15) is 19.3 Å². The smallest absolute Gasteiger partial charge is 0.151 e. The molecule has 2 aliphatic rings. The molecule has 1 saturated heterocycles. The van der Waals surface area contributed by atoms with Crippen LogP contribution in [0.25, 0.3) is 0 Å². The van der Waals surface area contributed by atoms with E-state index in [9.17, 15) is 0 Å². The molecule has 2 aliphatic heterocycles. The number of halogens is 1. The van der Waals surface area contributed by atoms with E-state index in [1.54, 1.807) is 0 Å². The molecule has 0 aliphatic carbocycles. The van der Waals surface area contributed by atoms with Crippen molar-refractivity contribution in [3.8, 4) is 11.8 Å². The molecule has 0 amide bonds. The summed E-state index contributed by atoms with van der Waals surface area (Å²) in [6.07, 6.45) is 3.83. The molecule has 2 heteroatoms. The molecule has 11 heavy (non-hydrogen) atoms. The van der Waals surface area contributed by atoms with E-state index in [0.29, 0.717) is 6.04 Å². The van der Waals surface area contributed by atoms with E-state index in [4.69, 9.17) is 0 Å². The van der Waals surface area contributed by atoms with Crippen molar-refractivity contribution in [3.63, 3.8) is 0 Å². The van der Waals surface area contributed by atoms with Crippen molar-refractivity contribution >= 4 is 0 Å². The summed E-state index contributed by atoms with van der Waals surface area (Å²) in [4.78, 5) is 0. The van der Waals surface area contributed by atoms with Gasteiger partial charge in [0.05, 0.1) is 20.5 Å². The molecular formula is C9H14IN. The molecular weight excluding hydrogens is 249 g/mol. The Labute approximate surface area is 85.8 Å². The van der Waals surface area contributed by atoms with Crippen LogP contribution in [0.15, 0.2) is 0 Å². The number of nitrogens with zero attached hydrogens (tertiary/aromatic N) is 1. The Kier molecular flexibility index (Phi) is 2.50. The van der Waals surface area contributed by atoms with Gasteiger partial charge in [0.1, 0.15) is 6.04 Å². The Morgan fingerprint density at radius 2 is 2.00 bits per heavy atom. The summed E-state index contributed by atoms with van der Waals surface area (Å²) in [5, 5.41) is 0. The fraction of sp³-hybridized carbons (Fsp3) is 0.778. The van der Waals surface area contributed by atoms with Crippen LogP contribution >= 0.6 is 0 Å². The second-order valence-corrected chi connectivity index (χ2v) is 3.90. The van der Waals surface area contributed by atoms with Crippen molar-refractivity contribution in [2.24, 2.45) is 0 Å². The third-order valence-corrected chi connectivity index (χ3v) is 3.12. The van der Waals surface area contributed by atoms with Crippen molar-refractivity contribution in [3.05, 3.63) is 0 Å². The van der Waals surface area contributed by atoms with E-state index in [2.05, 4.69) is 25.9 Å². The van der Waals surface area contributed by atoms with Gasteiger partial charge < -0.3 is 28.5 Å². The van der Waals surface area contributed by atoms with Gasteiger partial charge in [-0.15, -0.1) is 0 Å². The molecule has 2 rings (SSSR count). The van der Waals surface area contributed by atoms with Gasteiger partial charge in [0, 0.05) is 12.8 Å². The van der Waals surface area contributed by atoms with Crippen molar-refractivity contribution in [1.82, 2.24) is 0 Å². The summed E-state index contributed by atoms with van der Waals surface area (Å²) in [6, 6.07) is 1.49. The molecule has 2 bridgehead atoms. The Hall–Kier alpha value is 0.250. The SMILES string of the molecule is C[N+]1(C)[C@@H]2CC#C[C@H]1CC2.[I-]. The highest BCUT2D eigenvalue weighted by Crippen LogP contribution is 2.32. The van der Waals surface area contributed by atoms with Crippen molar-refractivity contribution in [1.29, 1.82) is 0 Å². The molecule has 0 N–H and O–H groups in total. The first-order chi connectivity index (χ1) is 4.71. The van der Waals surface area contributed by atoms with Gasteiger partial charge in [-0.05, 0) is 5.92 Å². The zero-order chi connectivity index (χ0) is 7.19. The molecule has 0 aromatic heterocycles. The van der Waals surface area contributed by atoms with Crippen molar-refractivity contribution in [2.45, 2.75) is 31.3 Å². The van der Waals surface area contributed by atoms with Gasteiger partial charge >= 0.3 is 0 Å². The number of rotatable bonds is 0. The highest BCUT2D eigenvalue weighted by molar-refractivity contribution is 5.12. The Balaban J connectivity index is 0.000000605. The molecule has 0 aromatic carbocycles. The molecule has 0 unspecified atom stereocenters. The molecule has 1 fully saturated rings. The van der Waals surface area contributed by atoms with Gasteiger partial charge in [-0.3, -0.25) is 0 Å². The highest BCUT2D eigenvalue weighted by Gasteiger charge is 2.43.